The summed E-state index contributed by atoms with van der Waals surface area (Å²) in [6, 6.07) is 53.7. The molecule has 2 heterocycles. The smallest absolute Gasteiger partial charge is 0.0798 e. The average molecular weight is 595 g/mol. The molecule has 0 bridgehead atoms. The molecule has 0 unspecified atom stereocenters. The van der Waals surface area contributed by atoms with Crippen LogP contribution in [-0.4, -0.2) is 10.3 Å². The van der Waals surface area contributed by atoms with Crippen LogP contribution < -0.4 is 0 Å². The lowest BCUT2D eigenvalue weighted by Crippen LogP contribution is -2.06. The van der Waals surface area contributed by atoms with Gasteiger partial charge < -0.3 is 4.57 Å². The van der Waals surface area contributed by atoms with Gasteiger partial charge in [-0.1, -0.05) is 122 Å². The molecule has 0 aliphatic carbocycles. The molecule has 214 valence electrons. The van der Waals surface area contributed by atoms with Gasteiger partial charge in [-0.3, -0.25) is 0 Å². The molecule has 0 saturated carbocycles. The van der Waals surface area contributed by atoms with Gasteiger partial charge in [0, 0.05) is 48.1 Å². The molecule has 6 aromatic carbocycles. The van der Waals surface area contributed by atoms with Crippen LogP contribution in [0.4, 0.5) is 0 Å². The van der Waals surface area contributed by atoms with E-state index >= 15 is 0 Å². The third kappa shape index (κ3) is 4.79. The van der Waals surface area contributed by atoms with Crippen LogP contribution in [0.5, 0.6) is 0 Å². The molecular weight excluding hydrogens is 565 g/mol. The number of aliphatic imine (C=N–C) groups is 1. The van der Waals surface area contributed by atoms with Gasteiger partial charge in [-0.2, -0.15) is 0 Å². The number of benzene rings is 6. The number of rotatable bonds is 6. The Balaban J connectivity index is 1.27. The molecule has 0 saturated heterocycles. The Morgan fingerprint density at radius 3 is 1.89 bits per heavy atom. The summed E-state index contributed by atoms with van der Waals surface area (Å²) in [4.78, 5) is 6.56. The standard InChI is InChI=1S/C42H30N2S/c1-28(32-15-12-16-33(27-32)30-13-4-3-5-14-30)43-42(41-29(2)45-40-22-11-8-19-37(40)41)31-23-25-34(26-24-31)44-38-20-9-6-17-35(38)36-18-7-10-21-39(36)44/h3-27H,1H2,2H3. The largest absolute Gasteiger partial charge is 0.309 e. The fraction of sp³-hybridized carbons (Fsp3) is 0.0238. The van der Waals surface area contributed by atoms with Crippen molar-refractivity contribution < 1.29 is 0 Å². The van der Waals surface area contributed by atoms with E-state index in [0.717, 1.165) is 33.8 Å². The Morgan fingerprint density at radius 2 is 1.18 bits per heavy atom. The third-order valence-corrected chi connectivity index (χ3v) is 9.62. The molecule has 0 atom stereocenters. The highest BCUT2D eigenvalue weighted by Gasteiger charge is 2.18. The number of hydrogen-bond acceptors (Lipinski definition) is 2. The molecule has 0 radical (unpaired) electrons. The lowest BCUT2D eigenvalue weighted by molar-refractivity contribution is 1.18. The van der Waals surface area contributed by atoms with E-state index in [4.69, 9.17) is 4.99 Å². The lowest BCUT2D eigenvalue weighted by atomic mass is 9.98. The minimum Gasteiger partial charge on any atom is -0.309 e. The van der Waals surface area contributed by atoms with E-state index in [-0.39, 0.29) is 0 Å². The van der Waals surface area contributed by atoms with Gasteiger partial charge in [0.05, 0.1) is 22.4 Å². The van der Waals surface area contributed by atoms with Crippen molar-refractivity contribution in [3.8, 4) is 16.8 Å². The number of para-hydroxylation sites is 2. The Kier molecular flexibility index (Phi) is 6.74. The van der Waals surface area contributed by atoms with Crippen LogP contribution in [0.2, 0.25) is 0 Å². The van der Waals surface area contributed by atoms with E-state index in [0.29, 0.717) is 0 Å². The first-order chi connectivity index (χ1) is 22.2. The van der Waals surface area contributed by atoms with Gasteiger partial charge >= 0.3 is 0 Å². The summed E-state index contributed by atoms with van der Waals surface area (Å²) >= 11 is 1.81. The average Bonchev–Trinajstić information content (AvgIpc) is 3.62. The molecule has 0 aliphatic rings. The number of nitrogens with zero attached hydrogens (tertiary/aromatic N) is 2. The highest BCUT2D eigenvalue weighted by Crippen LogP contribution is 2.35. The number of thiophene rings is 1. The molecule has 0 spiro atoms. The summed E-state index contributed by atoms with van der Waals surface area (Å²) < 4.78 is 3.61. The molecule has 2 aromatic heterocycles. The first-order valence-corrected chi connectivity index (χ1v) is 16.0. The topological polar surface area (TPSA) is 17.3 Å². The zero-order valence-electron chi connectivity index (χ0n) is 24.9. The van der Waals surface area contributed by atoms with E-state index in [1.54, 1.807) is 0 Å². The normalized spacial score (nSPS) is 11.9. The van der Waals surface area contributed by atoms with E-state index in [2.05, 4.69) is 164 Å². The van der Waals surface area contributed by atoms with Crippen molar-refractivity contribution in [1.82, 2.24) is 4.57 Å². The summed E-state index contributed by atoms with van der Waals surface area (Å²) in [6.45, 7) is 6.68. The van der Waals surface area contributed by atoms with Crippen molar-refractivity contribution in [1.29, 1.82) is 0 Å². The highest BCUT2D eigenvalue weighted by molar-refractivity contribution is 7.19. The summed E-state index contributed by atoms with van der Waals surface area (Å²) in [5.41, 5.74) is 10.8. The maximum Gasteiger partial charge on any atom is 0.0798 e. The third-order valence-electron chi connectivity index (χ3n) is 8.54. The Labute approximate surface area is 266 Å². The molecule has 8 rings (SSSR count). The molecule has 2 nitrogen and oxygen atoms in total. The van der Waals surface area contributed by atoms with Gasteiger partial charge in [-0.05, 0) is 54.4 Å². The van der Waals surface area contributed by atoms with Crippen molar-refractivity contribution in [2.45, 2.75) is 6.92 Å². The Morgan fingerprint density at radius 1 is 0.578 bits per heavy atom. The van der Waals surface area contributed by atoms with Crippen LogP contribution in [0.3, 0.4) is 0 Å². The van der Waals surface area contributed by atoms with Crippen molar-refractivity contribution in [3.05, 3.63) is 180 Å². The maximum absolute atomic E-state index is 5.32. The van der Waals surface area contributed by atoms with Crippen LogP contribution in [0.25, 0.3) is 54.4 Å². The maximum atomic E-state index is 5.32. The van der Waals surface area contributed by atoms with Gasteiger partial charge in [0.2, 0.25) is 0 Å². The van der Waals surface area contributed by atoms with Crippen LogP contribution >= 0.6 is 11.3 Å². The van der Waals surface area contributed by atoms with Gasteiger partial charge in [0.25, 0.3) is 0 Å². The van der Waals surface area contributed by atoms with Crippen LogP contribution in [-0.2, 0) is 0 Å². The summed E-state index contributed by atoms with van der Waals surface area (Å²) in [6.07, 6.45) is 0. The summed E-state index contributed by atoms with van der Waals surface area (Å²) in [5, 5.41) is 3.73. The van der Waals surface area contributed by atoms with E-state index in [9.17, 15) is 0 Å². The first-order valence-electron chi connectivity index (χ1n) is 15.2. The number of aryl methyl sites for hydroxylation is 1. The summed E-state index contributed by atoms with van der Waals surface area (Å²) in [5.74, 6) is 0. The van der Waals surface area contributed by atoms with Gasteiger partial charge in [-0.15, -0.1) is 11.3 Å². The summed E-state index contributed by atoms with van der Waals surface area (Å²) in [7, 11) is 0. The molecular formula is C42H30N2S. The molecule has 45 heavy (non-hydrogen) atoms. The van der Waals surface area contributed by atoms with Crippen LogP contribution in [0.1, 0.15) is 21.6 Å². The van der Waals surface area contributed by atoms with Gasteiger partial charge in [0.15, 0.2) is 0 Å². The number of fused-ring (bicyclic) bond motifs is 4. The first kappa shape index (κ1) is 27.1. The second-order valence-electron chi connectivity index (χ2n) is 11.3. The Hall–Kier alpha value is -5.51. The zero-order valence-corrected chi connectivity index (χ0v) is 25.8. The fourth-order valence-electron chi connectivity index (χ4n) is 6.40. The van der Waals surface area contributed by atoms with Crippen LogP contribution in [0.15, 0.2) is 163 Å². The van der Waals surface area contributed by atoms with E-state index < -0.39 is 0 Å². The predicted molar refractivity (Wildman–Crippen MR) is 194 cm³/mol. The van der Waals surface area contributed by atoms with Crippen molar-refractivity contribution in [2.75, 3.05) is 0 Å². The molecule has 3 heteroatoms. The van der Waals surface area contributed by atoms with Crippen molar-refractivity contribution >= 4 is 54.6 Å². The van der Waals surface area contributed by atoms with Gasteiger partial charge in [-0.25, -0.2) is 4.99 Å². The number of aromatic nitrogens is 1. The molecule has 0 N–H and O–H groups in total. The minimum absolute atomic E-state index is 0.740. The molecule has 0 fully saturated rings. The predicted octanol–water partition coefficient (Wildman–Crippen LogP) is 11.5. The molecule has 0 amide bonds. The quantitative estimate of drug-likeness (QED) is 0.170. The SMILES string of the molecule is C=C(N=C(c1ccc(-n2c3ccccc3c3ccccc32)cc1)c1c(C)sc2ccccc12)c1cccc(-c2ccccc2)c1. The zero-order chi connectivity index (χ0) is 30.3. The molecule has 0 aliphatic heterocycles. The molecule has 8 aromatic rings. The van der Waals surface area contributed by atoms with Crippen molar-refractivity contribution in [2.24, 2.45) is 4.99 Å². The van der Waals surface area contributed by atoms with E-state index in [1.807, 2.05) is 17.4 Å². The van der Waals surface area contributed by atoms with Gasteiger partial charge in [0.1, 0.15) is 0 Å². The fourth-order valence-corrected chi connectivity index (χ4v) is 7.47. The van der Waals surface area contributed by atoms with E-state index in [1.165, 1.54) is 47.9 Å². The van der Waals surface area contributed by atoms with Crippen LogP contribution in [0, 0.1) is 6.92 Å². The highest BCUT2D eigenvalue weighted by atomic mass is 32.1. The number of hydrogen-bond donors (Lipinski definition) is 0. The second kappa shape index (κ2) is 11.2. The van der Waals surface area contributed by atoms with Crippen molar-refractivity contribution in [3.63, 3.8) is 0 Å². The minimum atomic E-state index is 0.740. The Bertz CT molecular complexity index is 2330. The monoisotopic (exact) mass is 594 g/mol. The second-order valence-corrected chi connectivity index (χ2v) is 12.6. The lowest BCUT2D eigenvalue weighted by Gasteiger charge is -2.13.